The van der Waals surface area contributed by atoms with Crippen molar-refractivity contribution >= 4 is 50.7 Å². The number of rotatable bonds is 10. The van der Waals surface area contributed by atoms with Crippen LogP contribution in [-0.4, -0.2) is 43.8 Å². The van der Waals surface area contributed by atoms with Gasteiger partial charge in [-0.2, -0.15) is 0 Å². The van der Waals surface area contributed by atoms with Crippen LogP contribution >= 0.6 is 23.2 Å². The average molecular weight is 621 g/mol. The summed E-state index contributed by atoms with van der Waals surface area (Å²) < 4.78 is 42.3. The zero-order chi connectivity index (χ0) is 29.7. The number of nitrogens with one attached hydrogen (secondary N) is 1. The van der Waals surface area contributed by atoms with Crippen molar-refractivity contribution in [3.63, 3.8) is 0 Å². The molecule has 11 heteroatoms. The van der Waals surface area contributed by atoms with Crippen molar-refractivity contribution in [2.75, 3.05) is 10.8 Å². The maximum absolute atomic E-state index is 14.0. The van der Waals surface area contributed by atoms with E-state index in [9.17, 15) is 22.4 Å². The molecule has 1 N–H and O–H groups in total. The molecule has 1 fully saturated rings. The Balaban J connectivity index is 1.69. The van der Waals surface area contributed by atoms with Crippen molar-refractivity contribution in [2.45, 2.75) is 63.1 Å². The summed E-state index contributed by atoms with van der Waals surface area (Å²) >= 11 is 12.3. The molecule has 0 saturated heterocycles. The maximum atomic E-state index is 14.0. The van der Waals surface area contributed by atoms with E-state index in [0.717, 1.165) is 47.7 Å². The maximum Gasteiger partial charge on any atom is 0.264 e. The van der Waals surface area contributed by atoms with Crippen LogP contribution in [0.15, 0.2) is 71.6 Å². The first kappa shape index (κ1) is 30.8. The SMILES string of the molecule is Cc1ccc(S(=O)(=O)N(CC(=O)N(Cc2ccc(Cl)c(Cl)c2)[C@H](C)C(=O)NC2CCCC2)c2ccc(F)cc2)cc1. The molecule has 0 aliphatic heterocycles. The van der Waals surface area contributed by atoms with E-state index in [0.29, 0.717) is 10.6 Å². The number of hydrogen-bond donors (Lipinski definition) is 1. The first-order valence-corrected chi connectivity index (χ1v) is 15.5. The summed E-state index contributed by atoms with van der Waals surface area (Å²) in [5.74, 6) is -1.50. The lowest BCUT2D eigenvalue weighted by atomic mass is 10.1. The van der Waals surface area contributed by atoms with Gasteiger partial charge in [0.1, 0.15) is 18.4 Å². The fourth-order valence-corrected chi connectivity index (χ4v) is 6.52. The summed E-state index contributed by atoms with van der Waals surface area (Å²) in [5, 5.41) is 3.65. The third kappa shape index (κ3) is 7.58. The monoisotopic (exact) mass is 619 g/mol. The molecular weight excluding hydrogens is 588 g/mol. The number of amides is 2. The molecule has 3 aromatic carbocycles. The minimum Gasteiger partial charge on any atom is -0.352 e. The Hall–Kier alpha value is -3.14. The topological polar surface area (TPSA) is 86.8 Å². The fourth-order valence-electron chi connectivity index (χ4n) is 4.78. The Labute approximate surface area is 250 Å². The van der Waals surface area contributed by atoms with Crippen LogP contribution in [0.3, 0.4) is 0 Å². The second-order valence-corrected chi connectivity index (χ2v) is 12.9. The number of hydrogen-bond acceptors (Lipinski definition) is 4. The molecule has 1 atom stereocenters. The number of halogens is 3. The zero-order valence-electron chi connectivity index (χ0n) is 22.8. The number of carbonyl (C=O) groups is 2. The van der Waals surface area contributed by atoms with Crippen LogP contribution in [-0.2, 0) is 26.2 Å². The lowest BCUT2D eigenvalue weighted by molar-refractivity contribution is -0.139. The highest BCUT2D eigenvalue weighted by Gasteiger charge is 2.33. The summed E-state index contributed by atoms with van der Waals surface area (Å²) in [6, 6.07) is 15.1. The van der Waals surface area contributed by atoms with E-state index < -0.39 is 34.3 Å². The second-order valence-electron chi connectivity index (χ2n) is 10.2. The summed E-state index contributed by atoms with van der Waals surface area (Å²) in [4.78, 5) is 28.5. The van der Waals surface area contributed by atoms with E-state index in [4.69, 9.17) is 23.2 Å². The van der Waals surface area contributed by atoms with Gasteiger partial charge in [-0.3, -0.25) is 13.9 Å². The normalized spacial score (nSPS) is 14.5. The third-order valence-electron chi connectivity index (χ3n) is 7.21. The quantitative estimate of drug-likeness (QED) is 0.296. The molecule has 41 heavy (non-hydrogen) atoms. The fraction of sp³-hybridized carbons (Fsp3) is 0.333. The van der Waals surface area contributed by atoms with Crippen LogP contribution < -0.4 is 9.62 Å². The van der Waals surface area contributed by atoms with E-state index in [-0.39, 0.29) is 34.1 Å². The van der Waals surface area contributed by atoms with Gasteiger partial charge in [0.25, 0.3) is 10.0 Å². The van der Waals surface area contributed by atoms with Crippen LogP contribution in [0, 0.1) is 12.7 Å². The molecular formula is C30H32Cl2FN3O4S. The lowest BCUT2D eigenvalue weighted by Gasteiger charge is -2.32. The second kappa shape index (κ2) is 13.2. The number of nitrogens with zero attached hydrogens (tertiary/aromatic N) is 2. The van der Waals surface area contributed by atoms with E-state index in [1.165, 1.54) is 29.2 Å². The number of sulfonamides is 1. The van der Waals surface area contributed by atoms with Gasteiger partial charge in [0, 0.05) is 12.6 Å². The van der Waals surface area contributed by atoms with Gasteiger partial charge in [0.2, 0.25) is 11.8 Å². The van der Waals surface area contributed by atoms with Crippen molar-refractivity contribution in [3.8, 4) is 0 Å². The van der Waals surface area contributed by atoms with Gasteiger partial charge >= 0.3 is 0 Å². The highest BCUT2D eigenvalue weighted by Crippen LogP contribution is 2.27. The molecule has 0 heterocycles. The van der Waals surface area contributed by atoms with Gasteiger partial charge in [-0.05, 0) is 80.8 Å². The van der Waals surface area contributed by atoms with Crippen LogP contribution in [0.1, 0.15) is 43.7 Å². The molecule has 7 nitrogen and oxygen atoms in total. The highest BCUT2D eigenvalue weighted by atomic mass is 35.5. The number of aryl methyl sites for hydroxylation is 1. The number of benzene rings is 3. The summed E-state index contributed by atoms with van der Waals surface area (Å²) in [6.45, 7) is 2.80. The van der Waals surface area contributed by atoms with Crippen molar-refractivity contribution in [3.05, 3.63) is 93.7 Å². The number of carbonyl (C=O) groups excluding carboxylic acids is 2. The third-order valence-corrected chi connectivity index (χ3v) is 9.74. The van der Waals surface area contributed by atoms with Gasteiger partial charge in [-0.15, -0.1) is 0 Å². The summed E-state index contributed by atoms with van der Waals surface area (Å²) in [5.41, 5.74) is 1.59. The molecule has 0 spiro atoms. The van der Waals surface area contributed by atoms with E-state index >= 15 is 0 Å². The Bertz CT molecular complexity index is 1500. The number of anilines is 1. The predicted octanol–water partition coefficient (Wildman–Crippen LogP) is 6.11. The first-order valence-electron chi connectivity index (χ1n) is 13.3. The van der Waals surface area contributed by atoms with E-state index in [1.54, 1.807) is 37.3 Å². The van der Waals surface area contributed by atoms with Crippen molar-refractivity contribution in [1.82, 2.24) is 10.2 Å². The molecule has 218 valence electrons. The molecule has 3 aromatic rings. The standard InChI is InChI=1S/C30H32Cl2FN3O4S/c1-20-7-14-26(15-8-20)41(39,40)36(25-12-10-23(33)11-13-25)19-29(37)35(18-22-9-16-27(31)28(32)17-22)21(2)30(38)34-24-5-3-4-6-24/h7-17,21,24H,3-6,18-19H2,1-2H3,(H,34,38)/t21-/m1/s1. The molecule has 4 rings (SSSR count). The largest absolute Gasteiger partial charge is 0.352 e. The smallest absolute Gasteiger partial charge is 0.264 e. The van der Waals surface area contributed by atoms with Gasteiger partial charge in [0.05, 0.1) is 20.6 Å². The minimum atomic E-state index is -4.24. The van der Waals surface area contributed by atoms with Crippen molar-refractivity contribution in [1.29, 1.82) is 0 Å². The Kier molecular flexibility index (Phi) is 9.94. The minimum absolute atomic E-state index is 0.0171. The zero-order valence-corrected chi connectivity index (χ0v) is 25.1. The Morgan fingerprint density at radius 3 is 2.22 bits per heavy atom. The molecule has 2 amide bonds. The average Bonchev–Trinajstić information content (AvgIpc) is 3.45. The first-order chi connectivity index (χ1) is 19.5. The van der Waals surface area contributed by atoms with Crippen molar-refractivity contribution < 1.29 is 22.4 Å². The molecule has 0 radical (unpaired) electrons. The molecule has 0 aromatic heterocycles. The van der Waals surface area contributed by atoms with E-state index in [1.807, 2.05) is 6.92 Å². The van der Waals surface area contributed by atoms with Gasteiger partial charge in [-0.1, -0.05) is 59.8 Å². The van der Waals surface area contributed by atoms with Crippen molar-refractivity contribution in [2.24, 2.45) is 0 Å². The van der Waals surface area contributed by atoms with Crippen LogP contribution in [0.2, 0.25) is 10.0 Å². The molecule has 1 aliphatic rings. The summed E-state index contributed by atoms with van der Waals surface area (Å²) in [6.07, 6.45) is 3.78. The van der Waals surface area contributed by atoms with Gasteiger partial charge in [0.15, 0.2) is 0 Å². The Morgan fingerprint density at radius 2 is 1.61 bits per heavy atom. The van der Waals surface area contributed by atoms with Crippen LogP contribution in [0.4, 0.5) is 10.1 Å². The van der Waals surface area contributed by atoms with Gasteiger partial charge < -0.3 is 10.2 Å². The Morgan fingerprint density at radius 1 is 0.976 bits per heavy atom. The van der Waals surface area contributed by atoms with Gasteiger partial charge in [-0.25, -0.2) is 12.8 Å². The molecule has 0 unspecified atom stereocenters. The predicted molar refractivity (Wildman–Crippen MR) is 159 cm³/mol. The summed E-state index contributed by atoms with van der Waals surface area (Å²) in [7, 11) is -4.24. The molecule has 1 aliphatic carbocycles. The molecule has 0 bridgehead atoms. The van der Waals surface area contributed by atoms with E-state index in [2.05, 4.69) is 5.32 Å². The van der Waals surface area contributed by atoms with Crippen LogP contribution in [0.25, 0.3) is 0 Å². The molecule has 1 saturated carbocycles. The van der Waals surface area contributed by atoms with Crippen LogP contribution in [0.5, 0.6) is 0 Å². The highest BCUT2D eigenvalue weighted by molar-refractivity contribution is 7.92. The lowest BCUT2D eigenvalue weighted by Crippen LogP contribution is -2.52.